The van der Waals surface area contributed by atoms with Gasteiger partial charge >= 0.3 is 0 Å². The van der Waals surface area contributed by atoms with Crippen LogP contribution in [0.25, 0.3) is 0 Å². The fraction of sp³-hybridized carbons (Fsp3) is 0.588. The third-order valence-corrected chi connectivity index (χ3v) is 5.07. The van der Waals surface area contributed by atoms with Crippen molar-refractivity contribution in [3.63, 3.8) is 0 Å². The van der Waals surface area contributed by atoms with Crippen LogP contribution in [-0.4, -0.2) is 25.2 Å². The molecule has 2 aliphatic rings. The molecule has 1 saturated carbocycles. The summed E-state index contributed by atoms with van der Waals surface area (Å²) in [7, 11) is 1.71. The van der Waals surface area contributed by atoms with Crippen LogP contribution in [0.1, 0.15) is 39.0 Å². The average molecular weight is 287 g/mol. The van der Waals surface area contributed by atoms with Gasteiger partial charge in [0, 0.05) is 0 Å². The third kappa shape index (κ3) is 2.37. The van der Waals surface area contributed by atoms with Crippen LogP contribution in [0.2, 0.25) is 0 Å². The van der Waals surface area contributed by atoms with E-state index in [1.165, 1.54) is 25.7 Å². The first-order valence-electron chi connectivity index (χ1n) is 7.93. The van der Waals surface area contributed by atoms with Crippen LogP contribution in [-0.2, 0) is 0 Å². The summed E-state index contributed by atoms with van der Waals surface area (Å²) in [5, 5.41) is 0. The Balaban J connectivity index is 1.99. The van der Waals surface area contributed by atoms with E-state index in [0.717, 1.165) is 30.3 Å². The lowest BCUT2D eigenvalue weighted by atomic mass is 9.74. The Morgan fingerprint density at radius 2 is 2.24 bits per heavy atom. The number of ether oxygens (including phenoxy) is 1. The highest BCUT2D eigenvalue weighted by Crippen LogP contribution is 2.45. The van der Waals surface area contributed by atoms with Crippen LogP contribution in [0.5, 0.6) is 5.75 Å². The van der Waals surface area contributed by atoms with E-state index >= 15 is 0 Å². The predicted octanol–water partition coefficient (Wildman–Crippen LogP) is 3.17. The number of aliphatic imine (C=N–C) groups is 1. The number of hydrogen-bond donors (Lipinski definition) is 1. The molecule has 1 aromatic rings. The second kappa shape index (κ2) is 5.58. The fourth-order valence-corrected chi connectivity index (χ4v) is 3.96. The number of benzene rings is 1. The lowest BCUT2D eigenvalue weighted by Crippen LogP contribution is -2.54. The maximum absolute atomic E-state index is 6.25. The molecule has 1 fully saturated rings. The molecular formula is C17H25N3O. The molecule has 3 rings (SSSR count). The van der Waals surface area contributed by atoms with Gasteiger partial charge in [0.05, 0.1) is 24.9 Å². The van der Waals surface area contributed by atoms with Crippen molar-refractivity contribution in [2.75, 3.05) is 18.6 Å². The minimum Gasteiger partial charge on any atom is -0.495 e. The van der Waals surface area contributed by atoms with E-state index in [1.54, 1.807) is 7.11 Å². The molecule has 0 radical (unpaired) electrons. The lowest BCUT2D eigenvalue weighted by molar-refractivity contribution is 0.234. The minimum atomic E-state index is 0.0532. The zero-order valence-electron chi connectivity index (χ0n) is 13.0. The summed E-state index contributed by atoms with van der Waals surface area (Å²) in [4.78, 5) is 6.82. The Kier molecular flexibility index (Phi) is 3.79. The van der Waals surface area contributed by atoms with Crippen molar-refractivity contribution in [3.8, 4) is 5.75 Å². The van der Waals surface area contributed by atoms with Gasteiger partial charge in [-0.2, -0.15) is 0 Å². The highest BCUT2D eigenvalue weighted by atomic mass is 16.5. The van der Waals surface area contributed by atoms with Crippen molar-refractivity contribution in [2.24, 2.45) is 16.6 Å². The summed E-state index contributed by atoms with van der Waals surface area (Å²) in [5.41, 5.74) is 7.35. The number of methoxy groups -OCH3 is 1. The van der Waals surface area contributed by atoms with Gasteiger partial charge in [-0.05, 0) is 30.9 Å². The Morgan fingerprint density at radius 3 is 3.00 bits per heavy atom. The van der Waals surface area contributed by atoms with Crippen molar-refractivity contribution in [1.29, 1.82) is 0 Å². The first-order valence-corrected chi connectivity index (χ1v) is 7.93. The maximum Gasteiger partial charge on any atom is 0.196 e. The molecule has 1 aromatic carbocycles. The summed E-state index contributed by atoms with van der Waals surface area (Å²) in [5.74, 6) is 2.28. The third-order valence-electron chi connectivity index (χ3n) is 5.07. The number of para-hydroxylation sites is 2. The standard InChI is InChI=1S/C17H25N3O/c1-3-13-7-6-10-17(11-13)12-19-16(18)20(17)14-8-4-5-9-15(14)21-2/h4-5,8-9,13H,3,6-7,10-12H2,1-2H3,(H2,18,19). The van der Waals surface area contributed by atoms with Gasteiger partial charge in [-0.15, -0.1) is 0 Å². The van der Waals surface area contributed by atoms with E-state index in [2.05, 4.69) is 22.9 Å². The number of guanidine groups is 1. The molecule has 1 aliphatic carbocycles. The lowest BCUT2D eigenvalue weighted by Gasteiger charge is -2.45. The van der Waals surface area contributed by atoms with Gasteiger partial charge in [-0.1, -0.05) is 38.3 Å². The van der Waals surface area contributed by atoms with E-state index in [9.17, 15) is 0 Å². The second-order valence-corrected chi connectivity index (χ2v) is 6.28. The zero-order valence-corrected chi connectivity index (χ0v) is 13.0. The number of anilines is 1. The summed E-state index contributed by atoms with van der Waals surface area (Å²) < 4.78 is 5.54. The molecule has 1 aliphatic heterocycles. The molecule has 1 heterocycles. The SMILES string of the molecule is CCC1CCCC2(CN=C(N)N2c2ccccc2OC)C1. The van der Waals surface area contributed by atoms with E-state index in [-0.39, 0.29) is 5.54 Å². The number of rotatable bonds is 3. The molecule has 2 atom stereocenters. The van der Waals surface area contributed by atoms with Gasteiger partial charge in [-0.25, -0.2) is 0 Å². The van der Waals surface area contributed by atoms with Crippen molar-refractivity contribution < 1.29 is 4.74 Å². The van der Waals surface area contributed by atoms with Crippen LogP contribution in [0.3, 0.4) is 0 Å². The highest BCUT2D eigenvalue weighted by molar-refractivity contribution is 5.99. The second-order valence-electron chi connectivity index (χ2n) is 6.28. The highest BCUT2D eigenvalue weighted by Gasteiger charge is 2.46. The first kappa shape index (κ1) is 14.2. The summed E-state index contributed by atoms with van der Waals surface area (Å²) >= 11 is 0. The molecule has 4 nitrogen and oxygen atoms in total. The summed E-state index contributed by atoms with van der Waals surface area (Å²) in [6.45, 7) is 3.10. The molecule has 0 aromatic heterocycles. The van der Waals surface area contributed by atoms with E-state index in [0.29, 0.717) is 5.96 Å². The van der Waals surface area contributed by atoms with Crippen molar-refractivity contribution in [3.05, 3.63) is 24.3 Å². The Hall–Kier alpha value is -1.71. The van der Waals surface area contributed by atoms with Crippen LogP contribution < -0.4 is 15.4 Å². The first-order chi connectivity index (χ1) is 10.2. The largest absolute Gasteiger partial charge is 0.495 e. The molecule has 0 bridgehead atoms. The Bertz CT molecular complexity index is 543. The molecule has 4 heteroatoms. The van der Waals surface area contributed by atoms with E-state index in [1.807, 2.05) is 18.2 Å². The van der Waals surface area contributed by atoms with Crippen LogP contribution in [0, 0.1) is 5.92 Å². The molecule has 0 amide bonds. The van der Waals surface area contributed by atoms with Crippen LogP contribution in [0.15, 0.2) is 29.3 Å². The van der Waals surface area contributed by atoms with E-state index < -0.39 is 0 Å². The fourth-order valence-electron chi connectivity index (χ4n) is 3.96. The van der Waals surface area contributed by atoms with Gasteiger partial charge in [0.15, 0.2) is 5.96 Å². The normalized spacial score (nSPS) is 28.8. The van der Waals surface area contributed by atoms with Crippen molar-refractivity contribution in [2.45, 2.75) is 44.6 Å². The Labute approximate surface area is 127 Å². The molecule has 21 heavy (non-hydrogen) atoms. The summed E-state index contributed by atoms with van der Waals surface area (Å²) in [6.07, 6.45) is 6.16. The van der Waals surface area contributed by atoms with Gasteiger partial charge in [0.1, 0.15) is 5.75 Å². The minimum absolute atomic E-state index is 0.0532. The van der Waals surface area contributed by atoms with Crippen molar-refractivity contribution >= 4 is 11.6 Å². The van der Waals surface area contributed by atoms with Gasteiger partial charge in [-0.3, -0.25) is 4.99 Å². The molecular weight excluding hydrogens is 262 g/mol. The van der Waals surface area contributed by atoms with Crippen LogP contribution in [0.4, 0.5) is 5.69 Å². The van der Waals surface area contributed by atoms with E-state index in [4.69, 9.17) is 10.5 Å². The smallest absolute Gasteiger partial charge is 0.196 e. The molecule has 1 spiro atoms. The van der Waals surface area contributed by atoms with Gasteiger partial charge in [0.25, 0.3) is 0 Å². The predicted molar refractivity (Wildman–Crippen MR) is 86.9 cm³/mol. The quantitative estimate of drug-likeness (QED) is 0.929. The monoisotopic (exact) mass is 287 g/mol. The number of nitrogens with zero attached hydrogens (tertiary/aromatic N) is 2. The maximum atomic E-state index is 6.25. The topological polar surface area (TPSA) is 50.8 Å². The molecule has 2 N–H and O–H groups in total. The van der Waals surface area contributed by atoms with Gasteiger partial charge in [0.2, 0.25) is 0 Å². The van der Waals surface area contributed by atoms with Gasteiger partial charge < -0.3 is 15.4 Å². The summed E-state index contributed by atoms with van der Waals surface area (Å²) in [6, 6.07) is 8.12. The molecule has 0 saturated heterocycles. The number of hydrogen-bond acceptors (Lipinski definition) is 4. The zero-order chi connectivity index (χ0) is 14.9. The number of nitrogens with two attached hydrogens (primary N) is 1. The Morgan fingerprint density at radius 1 is 1.43 bits per heavy atom. The molecule has 114 valence electrons. The average Bonchev–Trinajstić information content (AvgIpc) is 2.83. The van der Waals surface area contributed by atoms with Crippen molar-refractivity contribution in [1.82, 2.24) is 0 Å². The molecule has 2 unspecified atom stereocenters. The van der Waals surface area contributed by atoms with Crippen LogP contribution >= 0.6 is 0 Å².